The molecular formula is C11H15N5O3. The summed E-state index contributed by atoms with van der Waals surface area (Å²) in [7, 11) is 0. The summed E-state index contributed by atoms with van der Waals surface area (Å²) in [6.45, 7) is 0.322. The van der Waals surface area contributed by atoms with Crippen molar-refractivity contribution in [3.05, 3.63) is 24.0 Å². The topological polar surface area (TPSA) is 133 Å². The minimum atomic E-state index is -1.82. The Morgan fingerprint density at radius 3 is 2.95 bits per heavy atom. The van der Waals surface area contributed by atoms with Crippen LogP contribution < -0.4 is 16.4 Å². The van der Waals surface area contributed by atoms with E-state index in [1.54, 1.807) is 18.3 Å². The first-order valence-electron chi connectivity index (χ1n) is 5.82. The minimum absolute atomic E-state index is 0.0878. The first kappa shape index (κ1) is 13.1. The Bertz CT molecular complexity index is 510. The van der Waals surface area contributed by atoms with Gasteiger partial charge in [-0.2, -0.15) is 0 Å². The number of hydrogen-bond acceptors (Lipinski definition) is 5. The predicted octanol–water partition coefficient (Wildman–Crippen LogP) is -1.34. The zero-order valence-electron chi connectivity index (χ0n) is 10.1. The monoisotopic (exact) mass is 265 g/mol. The zero-order valence-corrected chi connectivity index (χ0v) is 10.1. The van der Waals surface area contributed by atoms with Gasteiger partial charge in [-0.15, -0.1) is 0 Å². The van der Waals surface area contributed by atoms with Crippen molar-refractivity contribution in [3.63, 3.8) is 0 Å². The number of aliphatic hydroxyl groups is 1. The summed E-state index contributed by atoms with van der Waals surface area (Å²) >= 11 is 0. The van der Waals surface area contributed by atoms with E-state index < -0.39 is 11.6 Å². The molecule has 8 heteroatoms. The average Bonchev–Trinajstić information content (AvgIpc) is 2.94. The molecule has 1 aromatic heterocycles. The molecule has 2 heterocycles. The van der Waals surface area contributed by atoms with Gasteiger partial charge in [0.2, 0.25) is 5.72 Å². The summed E-state index contributed by atoms with van der Waals surface area (Å²) in [5.41, 5.74) is 3.94. The number of nitrogens with zero attached hydrogens (tertiary/aromatic N) is 1. The highest BCUT2D eigenvalue weighted by Gasteiger charge is 2.40. The van der Waals surface area contributed by atoms with Gasteiger partial charge < -0.3 is 21.1 Å². The van der Waals surface area contributed by atoms with E-state index in [2.05, 4.69) is 20.6 Å². The molecule has 2 amide bonds. The van der Waals surface area contributed by atoms with Crippen LogP contribution in [-0.2, 0) is 4.79 Å². The van der Waals surface area contributed by atoms with Crippen LogP contribution in [-0.4, -0.2) is 40.1 Å². The quantitative estimate of drug-likeness (QED) is 0.421. The summed E-state index contributed by atoms with van der Waals surface area (Å²) in [6.07, 6.45) is 2.13. The van der Waals surface area contributed by atoms with Crippen molar-refractivity contribution in [2.45, 2.75) is 18.6 Å². The predicted molar refractivity (Wildman–Crippen MR) is 67.1 cm³/mol. The highest BCUT2D eigenvalue weighted by molar-refractivity contribution is 6.05. The van der Waals surface area contributed by atoms with Crippen LogP contribution in [0.5, 0.6) is 0 Å². The van der Waals surface area contributed by atoms with E-state index in [9.17, 15) is 14.7 Å². The summed E-state index contributed by atoms with van der Waals surface area (Å²) in [6, 6.07) is 3.37. The number of amides is 2. The molecule has 1 unspecified atom stereocenters. The van der Waals surface area contributed by atoms with Crippen LogP contribution in [0.15, 0.2) is 23.3 Å². The molecule has 1 aliphatic rings. The maximum atomic E-state index is 11.6. The number of rotatable bonds is 5. The van der Waals surface area contributed by atoms with Crippen molar-refractivity contribution in [1.82, 2.24) is 15.6 Å². The Morgan fingerprint density at radius 1 is 1.58 bits per heavy atom. The number of guanidine groups is 1. The van der Waals surface area contributed by atoms with Crippen LogP contribution in [0.2, 0.25) is 0 Å². The second-order valence-corrected chi connectivity index (χ2v) is 4.21. The molecule has 0 saturated heterocycles. The third-order valence-corrected chi connectivity index (χ3v) is 2.74. The highest BCUT2D eigenvalue weighted by Crippen LogP contribution is 2.18. The molecule has 0 radical (unpaired) electrons. The van der Waals surface area contributed by atoms with Crippen molar-refractivity contribution in [1.29, 1.82) is 0 Å². The lowest BCUT2D eigenvalue weighted by Crippen LogP contribution is -2.41. The van der Waals surface area contributed by atoms with E-state index in [0.717, 1.165) is 0 Å². The molecule has 0 aromatic carbocycles. The molecule has 0 aliphatic carbocycles. The van der Waals surface area contributed by atoms with Gasteiger partial charge in [-0.1, -0.05) is 0 Å². The largest absolute Gasteiger partial charge is 0.370 e. The lowest BCUT2D eigenvalue weighted by atomic mass is 10.1. The number of nitrogens with one attached hydrogen (secondary N) is 3. The third-order valence-electron chi connectivity index (χ3n) is 2.74. The van der Waals surface area contributed by atoms with Crippen molar-refractivity contribution in [3.8, 4) is 0 Å². The molecule has 1 atom stereocenters. The Kier molecular flexibility index (Phi) is 3.52. The minimum Gasteiger partial charge on any atom is -0.370 e. The molecule has 0 bridgehead atoms. The lowest BCUT2D eigenvalue weighted by Gasteiger charge is -2.15. The second kappa shape index (κ2) is 5.11. The fourth-order valence-corrected chi connectivity index (χ4v) is 1.77. The van der Waals surface area contributed by atoms with Crippen molar-refractivity contribution in [2.75, 3.05) is 6.54 Å². The SMILES string of the molecule is NC1=NC(O)(CCCNC(=O)c2ccc[nH]2)C(=O)N1. The Balaban J connectivity index is 1.76. The smallest absolute Gasteiger partial charge is 0.281 e. The van der Waals surface area contributed by atoms with Gasteiger partial charge in [0.05, 0.1) is 0 Å². The first-order chi connectivity index (χ1) is 9.01. The normalized spacial score (nSPS) is 21.9. The molecule has 8 nitrogen and oxygen atoms in total. The zero-order chi connectivity index (χ0) is 13.9. The molecule has 19 heavy (non-hydrogen) atoms. The van der Waals surface area contributed by atoms with Crippen molar-refractivity contribution in [2.24, 2.45) is 10.7 Å². The van der Waals surface area contributed by atoms with Crippen molar-refractivity contribution < 1.29 is 14.7 Å². The summed E-state index contributed by atoms with van der Waals surface area (Å²) in [5.74, 6) is -0.973. The standard InChI is InChI=1S/C11H15N5O3/c12-10-15-9(18)11(19,16-10)4-2-6-14-8(17)7-3-1-5-13-7/h1,3,5,13,19H,2,4,6H2,(H,14,17)(H3,12,15,16,18). The van der Waals surface area contributed by atoms with Gasteiger partial charge in [0.25, 0.3) is 11.8 Å². The van der Waals surface area contributed by atoms with Gasteiger partial charge in [0.1, 0.15) is 5.69 Å². The van der Waals surface area contributed by atoms with Gasteiger partial charge in [0.15, 0.2) is 5.96 Å². The maximum absolute atomic E-state index is 11.6. The molecule has 0 spiro atoms. The van der Waals surface area contributed by atoms with Gasteiger partial charge in [-0.3, -0.25) is 14.9 Å². The van der Waals surface area contributed by atoms with Crippen LogP contribution >= 0.6 is 0 Å². The van der Waals surface area contributed by atoms with Gasteiger partial charge in [0, 0.05) is 19.2 Å². The maximum Gasteiger partial charge on any atom is 0.281 e. The fraction of sp³-hybridized carbons (Fsp3) is 0.364. The van der Waals surface area contributed by atoms with Crippen molar-refractivity contribution >= 4 is 17.8 Å². The van der Waals surface area contributed by atoms with Crippen LogP contribution in [0.25, 0.3) is 0 Å². The van der Waals surface area contributed by atoms with E-state index in [0.29, 0.717) is 18.7 Å². The molecule has 0 fully saturated rings. The van der Waals surface area contributed by atoms with Crippen LogP contribution in [0, 0.1) is 0 Å². The molecule has 102 valence electrons. The number of H-pyrrole nitrogens is 1. The number of carbonyl (C=O) groups is 2. The number of hydrogen-bond donors (Lipinski definition) is 5. The average molecular weight is 265 g/mol. The number of aromatic nitrogens is 1. The van der Waals surface area contributed by atoms with E-state index in [-0.39, 0.29) is 18.3 Å². The summed E-state index contributed by atoms with van der Waals surface area (Å²) in [5, 5.41) is 14.8. The third kappa shape index (κ3) is 2.91. The molecule has 0 saturated carbocycles. The van der Waals surface area contributed by atoms with E-state index in [1.807, 2.05) is 0 Å². The highest BCUT2D eigenvalue weighted by atomic mass is 16.3. The fourth-order valence-electron chi connectivity index (χ4n) is 1.77. The molecule has 6 N–H and O–H groups in total. The van der Waals surface area contributed by atoms with Gasteiger partial charge in [-0.25, -0.2) is 4.99 Å². The van der Waals surface area contributed by atoms with Crippen LogP contribution in [0.1, 0.15) is 23.3 Å². The summed E-state index contributed by atoms with van der Waals surface area (Å²) in [4.78, 5) is 29.4. The van der Waals surface area contributed by atoms with E-state index in [4.69, 9.17) is 5.73 Å². The van der Waals surface area contributed by atoms with E-state index in [1.165, 1.54) is 0 Å². The molecular weight excluding hydrogens is 250 g/mol. The summed E-state index contributed by atoms with van der Waals surface area (Å²) < 4.78 is 0. The van der Waals surface area contributed by atoms with Gasteiger partial charge in [-0.05, 0) is 18.6 Å². The number of aliphatic imine (C=N–C) groups is 1. The second-order valence-electron chi connectivity index (χ2n) is 4.21. The Hall–Kier alpha value is -2.35. The first-order valence-corrected chi connectivity index (χ1v) is 5.82. The lowest BCUT2D eigenvalue weighted by molar-refractivity contribution is -0.136. The molecule has 1 aromatic rings. The number of carbonyl (C=O) groups excluding carboxylic acids is 2. The number of nitrogens with two attached hydrogens (primary N) is 1. The number of aromatic amines is 1. The molecule has 1 aliphatic heterocycles. The van der Waals surface area contributed by atoms with Crippen LogP contribution in [0.4, 0.5) is 0 Å². The molecule has 2 rings (SSSR count). The van der Waals surface area contributed by atoms with E-state index >= 15 is 0 Å². The Labute approximate surface area is 109 Å². The Morgan fingerprint density at radius 2 is 2.37 bits per heavy atom. The van der Waals surface area contributed by atoms with Gasteiger partial charge >= 0.3 is 0 Å². The van der Waals surface area contributed by atoms with Crippen LogP contribution in [0.3, 0.4) is 0 Å².